The Balaban J connectivity index is 1.46. The number of nitrogens with one attached hydrogen (secondary N) is 1. The van der Waals surface area contributed by atoms with Gasteiger partial charge >= 0.3 is 5.97 Å². The van der Waals surface area contributed by atoms with E-state index in [0.717, 1.165) is 19.3 Å². The van der Waals surface area contributed by atoms with Gasteiger partial charge in [0.15, 0.2) is 5.69 Å². The number of rotatable bonds is 6. The van der Waals surface area contributed by atoms with Crippen molar-refractivity contribution in [1.82, 2.24) is 20.2 Å². The second kappa shape index (κ2) is 7.59. The number of hydrogen-bond donors (Lipinski definition) is 1. The molecule has 0 spiro atoms. The van der Waals surface area contributed by atoms with Gasteiger partial charge in [-0.2, -0.15) is 0 Å². The van der Waals surface area contributed by atoms with Crippen molar-refractivity contribution >= 4 is 23.1 Å². The zero-order valence-electron chi connectivity index (χ0n) is 15.2. The van der Waals surface area contributed by atoms with E-state index in [1.807, 2.05) is 0 Å². The van der Waals surface area contributed by atoms with Gasteiger partial charge in [0.25, 0.3) is 0 Å². The Bertz CT molecular complexity index is 988. The highest BCUT2D eigenvalue weighted by atomic mass is 32.1. The molecule has 144 valence electrons. The van der Waals surface area contributed by atoms with Crippen LogP contribution in [0.1, 0.15) is 35.4 Å². The Hall–Kier alpha value is -2.94. The van der Waals surface area contributed by atoms with Crippen molar-refractivity contribution in [3.63, 3.8) is 0 Å². The number of nitrogens with zero attached hydrogens (tertiary/aromatic N) is 4. The van der Waals surface area contributed by atoms with Crippen LogP contribution >= 0.6 is 11.3 Å². The van der Waals surface area contributed by atoms with Crippen LogP contribution in [-0.4, -0.2) is 39.8 Å². The molecule has 9 heteroatoms. The number of methoxy groups -OCH3 is 1. The van der Waals surface area contributed by atoms with Gasteiger partial charge in [-0.05, 0) is 37.1 Å². The van der Waals surface area contributed by atoms with Crippen LogP contribution in [0.15, 0.2) is 35.8 Å². The van der Waals surface area contributed by atoms with Gasteiger partial charge < -0.3 is 10.1 Å². The van der Waals surface area contributed by atoms with Crippen LogP contribution in [0.5, 0.6) is 0 Å². The van der Waals surface area contributed by atoms with Crippen LogP contribution in [0, 0.1) is 5.82 Å². The van der Waals surface area contributed by atoms with E-state index >= 15 is 0 Å². The van der Waals surface area contributed by atoms with Crippen molar-refractivity contribution in [1.29, 1.82) is 0 Å². The highest BCUT2D eigenvalue weighted by Crippen LogP contribution is 2.43. The molecule has 3 aromatic rings. The number of esters is 1. The van der Waals surface area contributed by atoms with Gasteiger partial charge in [0.1, 0.15) is 22.3 Å². The molecule has 1 fully saturated rings. The van der Waals surface area contributed by atoms with Crippen molar-refractivity contribution in [3.8, 4) is 10.7 Å². The quantitative estimate of drug-likeness (QED) is 0.635. The van der Waals surface area contributed by atoms with Gasteiger partial charge in [-0.15, -0.1) is 21.5 Å². The van der Waals surface area contributed by atoms with Crippen molar-refractivity contribution in [2.75, 3.05) is 19.0 Å². The van der Waals surface area contributed by atoms with Crippen LogP contribution in [-0.2, 0) is 10.2 Å². The molecule has 1 saturated carbocycles. The molecule has 0 bridgehead atoms. The summed E-state index contributed by atoms with van der Waals surface area (Å²) in [5, 5.41) is 13.8. The number of halogens is 1. The molecule has 1 aliphatic carbocycles. The van der Waals surface area contributed by atoms with Gasteiger partial charge in [0.2, 0.25) is 0 Å². The Labute approximate surface area is 165 Å². The summed E-state index contributed by atoms with van der Waals surface area (Å²) in [5.41, 5.74) is 1.02. The summed E-state index contributed by atoms with van der Waals surface area (Å²) in [7, 11) is 1.31. The fraction of sp³-hybridized carbons (Fsp3) is 0.316. The van der Waals surface area contributed by atoms with E-state index < -0.39 is 5.97 Å². The predicted molar refractivity (Wildman–Crippen MR) is 103 cm³/mol. The Kier molecular flexibility index (Phi) is 4.99. The molecule has 0 atom stereocenters. The number of carbonyl (C=O) groups is 1. The lowest BCUT2D eigenvalue weighted by Gasteiger charge is -2.41. The first-order valence-corrected chi connectivity index (χ1v) is 9.72. The van der Waals surface area contributed by atoms with E-state index in [4.69, 9.17) is 0 Å². The van der Waals surface area contributed by atoms with E-state index in [1.54, 1.807) is 29.8 Å². The number of anilines is 1. The van der Waals surface area contributed by atoms with E-state index in [1.165, 1.54) is 24.5 Å². The highest BCUT2D eigenvalue weighted by molar-refractivity contribution is 7.13. The molecule has 28 heavy (non-hydrogen) atoms. The smallest absolute Gasteiger partial charge is 0.357 e. The van der Waals surface area contributed by atoms with Gasteiger partial charge in [-0.25, -0.2) is 14.2 Å². The third-order valence-electron chi connectivity index (χ3n) is 4.96. The molecule has 1 N–H and O–H groups in total. The van der Waals surface area contributed by atoms with Crippen LogP contribution in [0.3, 0.4) is 0 Å². The average Bonchev–Trinajstić information content (AvgIpc) is 3.18. The minimum absolute atomic E-state index is 0.246. The van der Waals surface area contributed by atoms with Crippen LogP contribution < -0.4 is 5.32 Å². The van der Waals surface area contributed by atoms with Crippen LogP contribution in [0.4, 0.5) is 10.2 Å². The summed E-state index contributed by atoms with van der Waals surface area (Å²) in [6.07, 6.45) is 4.45. The molecule has 0 radical (unpaired) electrons. The van der Waals surface area contributed by atoms with Gasteiger partial charge in [-0.1, -0.05) is 6.42 Å². The SMILES string of the molecule is COC(=O)c1csc(-c2ccc(NCC3(c4ncccc4F)CCC3)nn2)n1. The largest absolute Gasteiger partial charge is 0.464 e. The highest BCUT2D eigenvalue weighted by Gasteiger charge is 2.41. The molecule has 0 aliphatic heterocycles. The van der Waals surface area contributed by atoms with Crippen LogP contribution in [0.25, 0.3) is 10.7 Å². The summed E-state index contributed by atoms with van der Waals surface area (Å²) >= 11 is 1.30. The van der Waals surface area contributed by atoms with Crippen molar-refractivity contribution < 1.29 is 13.9 Å². The molecule has 0 unspecified atom stereocenters. The third-order valence-corrected chi connectivity index (χ3v) is 5.83. The normalized spacial score (nSPS) is 14.9. The second-order valence-electron chi connectivity index (χ2n) is 6.65. The molecule has 3 heterocycles. The van der Waals surface area contributed by atoms with E-state index in [-0.39, 0.29) is 16.9 Å². The maximum absolute atomic E-state index is 14.2. The third kappa shape index (κ3) is 3.45. The maximum Gasteiger partial charge on any atom is 0.357 e. The summed E-state index contributed by atoms with van der Waals surface area (Å²) in [6.45, 7) is 0.540. The van der Waals surface area contributed by atoms with E-state index in [0.29, 0.717) is 28.8 Å². The lowest BCUT2D eigenvalue weighted by Crippen LogP contribution is -2.42. The fourth-order valence-corrected chi connectivity index (χ4v) is 4.02. The standard InChI is InChI=1S/C19H18FN5O2S/c1-27-18(26)14-10-28-17(23-14)13-5-6-15(25-24-13)22-11-19(7-3-8-19)16-12(20)4-2-9-21-16/h2,4-6,9-10H,3,7-8,11H2,1H3,(H,22,25). The number of pyridine rings is 1. The molecule has 0 amide bonds. The molecule has 4 rings (SSSR count). The molecule has 7 nitrogen and oxygen atoms in total. The van der Waals surface area contributed by atoms with Gasteiger partial charge in [-0.3, -0.25) is 4.98 Å². The molecular weight excluding hydrogens is 381 g/mol. The summed E-state index contributed by atoms with van der Waals surface area (Å²) < 4.78 is 18.9. The topological polar surface area (TPSA) is 89.9 Å². The number of hydrogen-bond acceptors (Lipinski definition) is 8. The lowest BCUT2D eigenvalue weighted by atomic mass is 9.66. The average molecular weight is 399 g/mol. The summed E-state index contributed by atoms with van der Waals surface area (Å²) in [6, 6.07) is 6.63. The molecule has 0 aromatic carbocycles. The molecule has 1 aliphatic rings. The first-order chi connectivity index (χ1) is 13.6. The molecular formula is C19H18FN5O2S. The van der Waals surface area contributed by atoms with E-state index in [9.17, 15) is 9.18 Å². The van der Waals surface area contributed by atoms with Crippen molar-refractivity contribution in [3.05, 3.63) is 53.0 Å². The summed E-state index contributed by atoms with van der Waals surface area (Å²) in [5.74, 6) is -0.159. The molecule has 3 aromatic heterocycles. The van der Waals surface area contributed by atoms with Crippen molar-refractivity contribution in [2.45, 2.75) is 24.7 Å². The minimum atomic E-state index is -0.485. The monoisotopic (exact) mass is 399 g/mol. The van der Waals surface area contributed by atoms with E-state index in [2.05, 4.69) is 30.2 Å². The van der Waals surface area contributed by atoms with Gasteiger partial charge in [0.05, 0.1) is 12.8 Å². The minimum Gasteiger partial charge on any atom is -0.464 e. The second-order valence-corrected chi connectivity index (χ2v) is 7.51. The zero-order chi connectivity index (χ0) is 19.6. The zero-order valence-corrected chi connectivity index (χ0v) is 16.0. The number of thiazole rings is 1. The Morgan fingerprint density at radius 1 is 1.32 bits per heavy atom. The predicted octanol–water partition coefficient (Wildman–Crippen LogP) is 3.45. The summed E-state index contributed by atoms with van der Waals surface area (Å²) in [4.78, 5) is 20.0. The first kappa shape index (κ1) is 18.4. The Morgan fingerprint density at radius 3 is 2.82 bits per heavy atom. The number of ether oxygens (including phenoxy) is 1. The Morgan fingerprint density at radius 2 is 2.18 bits per heavy atom. The fourth-order valence-electron chi connectivity index (χ4n) is 3.27. The van der Waals surface area contributed by atoms with Crippen molar-refractivity contribution in [2.24, 2.45) is 0 Å². The van der Waals surface area contributed by atoms with Gasteiger partial charge in [0, 0.05) is 23.5 Å². The van der Waals surface area contributed by atoms with Crippen LogP contribution in [0.2, 0.25) is 0 Å². The maximum atomic E-state index is 14.2. The first-order valence-electron chi connectivity index (χ1n) is 8.84. The lowest BCUT2D eigenvalue weighted by molar-refractivity contribution is 0.0595. The number of aromatic nitrogens is 4. The molecule has 0 saturated heterocycles. The number of carbonyl (C=O) groups excluding carboxylic acids is 1.